The van der Waals surface area contributed by atoms with E-state index in [1.807, 2.05) is 6.20 Å². The summed E-state index contributed by atoms with van der Waals surface area (Å²) in [5, 5.41) is 10.5. The fraction of sp³-hybridized carbons (Fsp3) is 0.862. The molecule has 0 bridgehead atoms. The van der Waals surface area contributed by atoms with E-state index in [0.29, 0.717) is 29.1 Å². The van der Waals surface area contributed by atoms with Crippen LogP contribution in [0.2, 0.25) is 0 Å². The number of aromatic nitrogens is 2. The molecule has 1 aromatic rings. The topological polar surface area (TPSA) is 98.0 Å². The first kappa shape index (κ1) is 25.9. The molecule has 0 saturated heterocycles. The van der Waals surface area contributed by atoms with Crippen molar-refractivity contribution < 1.29 is 5.11 Å². The van der Waals surface area contributed by atoms with Crippen LogP contribution in [0.25, 0.3) is 0 Å². The van der Waals surface area contributed by atoms with Crippen molar-refractivity contribution in [2.75, 3.05) is 18.9 Å². The summed E-state index contributed by atoms with van der Waals surface area (Å²) < 4.78 is 0. The summed E-state index contributed by atoms with van der Waals surface area (Å²) >= 11 is 0. The van der Waals surface area contributed by atoms with Gasteiger partial charge in [-0.25, -0.2) is 9.97 Å². The quantitative estimate of drug-likeness (QED) is 0.482. The first-order chi connectivity index (χ1) is 16.1. The average Bonchev–Trinajstić information content (AvgIpc) is 3.15. The van der Waals surface area contributed by atoms with E-state index >= 15 is 0 Å². The third kappa shape index (κ3) is 4.52. The van der Waals surface area contributed by atoms with Gasteiger partial charge < -0.3 is 16.6 Å². The van der Waals surface area contributed by atoms with Gasteiger partial charge in [-0.3, -0.25) is 0 Å². The summed E-state index contributed by atoms with van der Waals surface area (Å²) in [4.78, 5) is 8.82. The maximum Gasteiger partial charge on any atom is 0.220 e. The van der Waals surface area contributed by atoms with Crippen LogP contribution >= 0.6 is 0 Å². The largest absolute Gasteiger partial charge is 0.396 e. The van der Waals surface area contributed by atoms with Crippen LogP contribution in [0.15, 0.2) is 6.20 Å². The molecule has 4 rings (SSSR count). The van der Waals surface area contributed by atoms with E-state index in [-0.39, 0.29) is 17.9 Å². The van der Waals surface area contributed by atoms with E-state index < -0.39 is 0 Å². The van der Waals surface area contributed by atoms with Gasteiger partial charge >= 0.3 is 0 Å². The lowest BCUT2D eigenvalue weighted by atomic mass is 9.48. The molecule has 5 nitrogen and oxygen atoms in total. The van der Waals surface area contributed by atoms with E-state index in [1.54, 1.807) is 0 Å². The van der Waals surface area contributed by atoms with Crippen molar-refractivity contribution >= 4 is 5.95 Å². The van der Waals surface area contributed by atoms with Crippen LogP contribution in [0, 0.1) is 52.3 Å². The zero-order valence-electron chi connectivity index (χ0n) is 22.4. The number of hydrogen-bond donors (Lipinski definition) is 3. The molecule has 34 heavy (non-hydrogen) atoms. The normalized spacial score (nSPS) is 38.5. The second kappa shape index (κ2) is 10.0. The Morgan fingerprint density at radius 3 is 2.50 bits per heavy atom. The molecule has 5 N–H and O–H groups in total. The van der Waals surface area contributed by atoms with Gasteiger partial charge in [0.25, 0.3) is 0 Å². The lowest BCUT2D eigenvalue weighted by Crippen LogP contribution is -2.54. The third-order valence-electron chi connectivity index (χ3n) is 10.9. The van der Waals surface area contributed by atoms with Gasteiger partial charge in [0.1, 0.15) is 0 Å². The van der Waals surface area contributed by atoms with Crippen molar-refractivity contribution in [1.29, 1.82) is 0 Å². The second-order valence-corrected chi connectivity index (χ2v) is 13.1. The summed E-state index contributed by atoms with van der Waals surface area (Å²) in [5.41, 5.74) is 15.2. The van der Waals surface area contributed by atoms with E-state index in [0.717, 1.165) is 42.8 Å². The number of rotatable bonds is 8. The maximum atomic E-state index is 10.5. The van der Waals surface area contributed by atoms with Gasteiger partial charge in [-0.15, -0.1) is 0 Å². The van der Waals surface area contributed by atoms with Gasteiger partial charge in [-0.05, 0) is 103 Å². The first-order valence-electron chi connectivity index (χ1n) is 14.0. The monoisotopic (exact) mass is 470 g/mol. The van der Waals surface area contributed by atoms with Crippen LogP contribution < -0.4 is 11.5 Å². The SMILES string of the molecule is CC(C)CCC[C@@H](C)[C@H]1CC[C@H]2[C@H](CN)[C@@H]([C@@]3(C)Cc4cnc(N)nc4C[C@@H]3CO)CC[C@]12C. The minimum absolute atomic E-state index is 0.0214. The van der Waals surface area contributed by atoms with Crippen molar-refractivity contribution in [2.45, 2.75) is 92.4 Å². The van der Waals surface area contributed by atoms with Crippen molar-refractivity contribution in [3.05, 3.63) is 17.5 Å². The van der Waals surface area contributed by atoms with Crippen molar-refractivity contribution in [1.82, 2.24) is 9.97 Å². The Morgan fingerprint density at radius 1 is 1.09 bits per heavy atom. The Morgan fingerprint density at radius 2 is 1.82 bits per heavy atom. The smallest absolute Gasteiger partial charge is 0.220 e. The Balaban J connectivity index is 1.55. The Hall–Kier alpha value is -1.20. The molecule has 1 aromatic heterocycles. The number of nitrogens with two attached hydrogens (primary N) is 2. The minimum Gasteiger partial charge on any atom is -0.396 e. The van der Waals surface area contributed by atoms with Crippen molar-refractivity contribution in [3.8, 4) is 0 Å². The summed E-state index contributed by atoms with van der Waals surface area (Å²) in [7, 11) is 0. The Labute approximate surface area is 207 Å². The van der Waals surface area contributed by atoms with Gasteiger partial charge in [-0.1, -0.05) is 53.9 Å². The number of aliphatic hydroxyl groups excluding tert-OH is 1. The van der Waals surface area contributed by atoms with Gasteiger partial charge in [0.2, 0.25) is 5.95 Å². The Bertz CT molecular complexity index is 843. The van der Waals surface area contributed by atoms with Crippen LogP contribution in [-0.4, -0.2) is 28.2 Å². The third-order valence-corrected chi connectivity index (χ3v) is 10.9. The number of fused-ring (bicyclic) bond motifs is 2. The number of nitrogen functional groups attached to an aromatic ring is 1. The van der Waals surface area contributed by atoms with Crippen LogP contribution in [-0.2, 0) is 12.8 Å². The standard InChI is InChI=1S/C29H50N4O/c1-18(2)7-6-8-19(3)23-9-10-24-22(15-30)25(11-12-28(23,24)4)29(5)14-20-16-32-27(31)33-26(20)13-21(29)17-34/h16,18-19,21-25,34H,6-15,17,30H2,1-5H3,(H2,31,32,33)/t19-,21-,22+,23-,24+,25+,28-,29+/m1/s1. The molecule has 0 aliphatic heterocycles. The maximum absolute atomic E-state index is 10.5. The molecule has 0 unspecified atom stereocenters. The molecule has 3 aliphatic rings. The van der Waals surface area contributed by atoms with Crippen molar-refractivity contribution in [2.24, 2.45) is 58.0 Å². The molecular weight excluding hydrogens is 420 g/mol. The lowest BCUT2D eigenvalue weighted by molar-refractivity contribution is -0.0762. The molecule has 0 aromatic carbocycles. The highest BCUT2D eigenvalue weighted by atomic mass is 16.3. The highest BCUT2D eigenvalue weighted by molar-refractivity contribution is 5.30. The molecule has 2 fully saturated rings. The summed E-state index contributed by atoms with van der Waals surface area (Å²) in [6, 6.07) is 0. The fourth-order valence-corrected chi connectivity index (χ4v) is 8.97. The molecule has 5 heteroatoms. The van der Waals surface area contributed by atoms with Crippen molar-refractivity contribution in [3.63, 3.8) is 0 Å². The van der Waals surface area contributed by atoms with E-state index in [2.05, 4.69) is 44.6 Å². The minimum atomic E-state index is 0.0214. The molecule has 0 amide bonds. The molecule has 192 valence electrons. The highest BCUT2D eigenvalue weighted by Crippen LogP contribution is 2.64. The van der Waals surface area contributed by atoms with Gasteiger partial charge in [0.15, 0.2) is 0 Å². The van der Waals surface area contributed by atoms with Gasteiger partial charge in [-0.2, -0.15) is 0 Å². The molecule has 8 atom stereocenters. The summed E-state index contributed by atoms with van der Waals surface area (Å²) in [6.07, 6.45) is 12.9. The molecule has 3 aliphatic carbocycles. The fourth-order valence-electron chi connectivity index (χ4n) is 8.97. The lowest BCUT2D eigenvalue weighted by Gasteiger charge is -2.57. The zero-order valence-corrected chi connectivity index (χ0v) is 22.4. The van der Waals surface area contributed by atoms with E-state index in [4.69, 9.17) is 11.5 Å². The molecular formula is C29H50N4O. The second-order valence-electron chi connectivity index (χ2n) is 13.1. The summed E-state index contributed by atoms with van der Waals surface area (Å²) in [5.74, 6) is 4.73. The van der Waals surface area contributed by atoms with Crippen LogP contribution in [0.3, 0.4) is 0 Å². The van der Waals surface area contributed by atoms with Gasteiger partial charge in [0, 0.05) is 18.5 Å². The molecule has 0 radical (unpaired) electrons. The predicted molar refractivity (Wildman–Crippen MR) is 140 cm³/mol. The molecule has 0 spiro atoms. The number of aliphatic hydroxyl groups is 1. The van der Waals surface area contributed by atoms with Crippen LogP contribution in [0.5, 0.6) is 0 Å². The van der Waals surface area contributed by atoms with E-state index in [1.165, 1.54) is 50.5 Å². The van der Waals surface area contributed by atoms with Crippen LogP contribution in [0.4, 0.5) is 5.95 Å². The molecule has 2 saturated carbocycles. The highest BCUT2D eigenvalue weighted by Gasteiger charge is 2.58. The number of nitrogens with zero attached hydrogens (tertiary/aromatic N) is 2. The number of anilines is 1. The first-order valence-corrected chi connectivity index (χ1v) is 14.0. The summed E-state index contributed by atoms with van der Waals surface area (Å²) in [6.45, 7) is 13.2. The van der Waals surface area contributed by atoms with Gasteiger partial charge in [0.05, 0.1) is 0 Å². The van der Waals surface area contributed by atoms with E-state index in [9.17, 15) is 5.11 Å². The Kier molecular flexibility index (Phi) is 7.65. The predicted octanol–water partition coefficient (Wildman–Crippen LogP) is 5.25. The number of hydrogen-bond acceptors (Lipinski definition) is 5. The average molecular weight is 471 g/mol. The van der Waals surface area contributed by atoms with Crippen LogP contribution in [0.1, 0.15) is 90.8 Å². The molecule has 1 heterocycles. The zero-order chi connectivity index (χ0) is 24.7.